The summed E-state index contributed by atoms with van der Waals surface area (Å²) in [6.07, 6.45) is 0. The summed E-state index contributed by atoms with van der Waals surface area (Å²) in [5.41, 5.74) is 5.24. The first kappa shape index (κ1) is 15.6. The van der Waals surface area contributed by atoms with Crippen molar-refractivity contribution < 1.29 is 12.8 Å². The highest BCUT2D eigenvalue weighted by atomic mass is 32.2. The Morgan fingerprint density at radius 1 is 1.47 bits per heavy atom. The fourth-order valence-electron chi connectivity index (χ4n) is 1.36. The van der Waals surface area contributed by atoms with E-state index in [4.69, 9.17) is 11.0 Å². The van der Waals surface area contributed by atoms with E-state index in [1.54, 1.807) is 6.07 Å². The molecular formula is C12H16FN3O2S. The average molecular weight is 285 g/mol. The van der Waals surface area contributed by atoms with Crippen molar-refractivity contribution in [2.75, 3.05) is 6.54 Å². The molecule has 0 aliphatic rings. The molecule has 0 aliphatic carbocycles. The molecule has 1 atom stereocenters. The lowest BCUT2D eigenvalue weighted by Gasteiger charge is -2.16. The summed E-state index contributed by atoms with van der Waals surface area (Å²) in [6.45, 7) is 3.76. The minimum absolute atomic E-state index is 0.0291. The van der Waals surface area contributed by atoms with Gasteiger partial charge in [-0.15, -0.1) is 0 Å². The van der Waals surface area contributed by atoms with E-state index in [1.807, 2.05) is 13.8 Å². The van der Waals surface area contributed by atoms with E-state index >= 15 is 0 Å². The van der Waals surface area contributed by atoms with Crippen LogP contribution in [0.1, 0.15) is 19.4 Å². The van der Waals surface area contributed by atoms with Gasteiger partial charge >= 0.3 is 0 Å². The molecule has 1 aromatic carbocycles. The van der Waals surface area contributed by atoms with E-state index in [-0.39, 0.29) is 23.4 Å². The molecule has 5 nitrogen and oxygen atoms in total. The molecule has 1 rings (SSSR count). The summed E-state index contributed by atoms with van der Waals surface area (Å²) in [7, 11) is -3.95. The van der Waals surface area contributed by atoms with Crippen LogP contribution in [0.3, 0.4) is 0 Å². The first-order chi connectivity index (χ1) is 8.79. The maximum absolute atomic E-state index is 13.4. The molecule has 3 N–H and O–H groups in total. The molecule has 0 fully saturated rings. The van der Waals surface area contributed by atoms with E-state index in [2.05, 4.69) is 4.72 Å². The van der Waals surface area contributed by atoms with Crippen molar-refractivity contribution in [3.8, 4) is 6.07 Å². The predicted molar refractivity (Wildman–Crippen MR) is 69.1 cm³/mol. The quantitative estimate of drug-likeness (QED) is 0.842. The molecule has 0 saturated heterocycles. The van der Waals surface area contributed by atoms with Crippen molar-refractivity contribution >= 4 is 10.0 Å². The van der Waals surface area contributed by atoms with Gasteiger partial charge in [0.05, 0.1) is 0 Å². The normalized spacial score (nSPS) is 13.3. The minimum atomic E-state index is -3.95. The number of benzene rings is 1. The molecular weight excluding hydrogens is 269 g/mol. The standard InChI is InChI=1S/C12H16FN3O2S/c1-8(2)11(15)7-16-19(17,18)12-5-3-4-10(13)9(12)6-14/h3-5,8,11,16H,7,15H2,1-2H3. The van der Waals surface area contributed by atoms with E-state index in [0.29, 0.717) is 0 Å². The topological polar surface area (TPSA) is 96.0 Å². The van der Waals surface area contributed by atoms with Crippen molar-refractivity contribution in [3.05, 3.63) is 29.6 Å². The van der Waals surface area contributed by atoms with Gasteiger partial charge in [0.2, 0.25) is 10.0 Å². The number of rotatable bonds is 5. The van der Waals surface area contributed by atoms with Crippen LogP contribution in [0.2, 0.25) is 0 Å². The van der Waals surface area contributed by atoms with Crippen LogP contribution < -0.4 is 10.5 Å². The van der Waals surface area contributed by atoms with Gasteiger partial charge in [-0.1, -0.05) is 19.9 Å². The van der Waals surface area contributed by atoms with Crippen molar-refractivity contribution in [2.24, 2.45) is 11.7 Å². The molecule has 0 saturated carbocycles. The van der Waals surface area contributed by atoms with Crippen molar-refractivity contribution in [2.45, 2.75) is 24.8 Å². The van der Waals surface area contributed by atoms with Gasteiger partial charge in [0.15, 0.2) is 0 Å². The summed E-state index contributed by atoms with van der Waals surface area (Å²) in [5.74, 6) is -0.760. The lowest BCUT2D eigenvalue weighted by Crippen LogP contribution is -2.40. The highest BCUT2D eigenvalue weighted by Crippen LogP contribution is 2.17. The molecule has 0 heterocycles. The van der Waals surface area contributed by atoms with Crippen molar-refractivity contribution in [3.63, 3.8) is 0 Å². The number of halogens is 1. The Kier molecular flexibility index (Phi) is 5.00. The highest BCUT2D eigenvalue weighted by Gasteiger charge is 2.22. The fraction of sp³-hybridized carbons (Fsp3) is 0.417. The lowest BCUT2D eigenvalue weighted by molar-refractivity contribution is 0.481. The predicted octanol–water partition coefficient (Wildman–Crippen LogP) is 0.959. The third-order valence-corrected chi connectivity index (χ3v) is 4.21. The Balaban J connectivity index is 3.03. The van der Waals surface area contributed by atoms with Gasteiger partial charge in [-0.3, -0.25) is 0 Å². The third-order valence-electron chi connectivity index (χ3n) is 2.74. The number of nitrogens with two attached hydrogens (primary N) is 1. The molecule has 0 aromatic heterocycles. The molecule has 0 radical (unpaired) electrons. The Morgan fingerprint density at radius 3 is 2.63 bits per heavy atom. The van der Waals surface area contributed by atoms with E-state index in [9.17, 15) is 12.8 Å². The molecule has 7 heteroatoms. The highest BCUT2D eigenvalue weighted by molar-refractivity contribution is 7.89. The van der Waals surface area contributed by atoms with Gasteiger partial charge < -0.3 is 5.73 Å². The molecule has 104 valence electrons. The first-order valence-corrected chi connectivity index (χ1v) is 7.21. The SMILES string of the molecule is CC(C)C(N)CNS(=O)(=O)c1cccc(F)c1C#N. The monoisotopic (exact) mass is 285 g/mol. The number of nitriles is 1. The van der Waals surface area contributed by atoms with Gasteiger partial charge in [0.25, 0.3) is 0 Å². The van der Waals surface area contributed by atoms with E-state index in [0.717, 1.165) is 6.07 Å². The lowest BCUT2D eigenvalue weighted by atomic mass is 10.1. The van der Waals surface area contributed by atoms with Gasteiger partial charge in [0.1, 0.15) is 22.3 Å². The van der Waals surface area contributed by atoms with Gasteiger partial charge in [-0.05, 0) is 18.1 Å². The van der Waals surface area contributed by atoms with Crippen molar-refractivity contribution in [1.29, 1.82) is 5.26 Å². The Bertz CT molecular complexity index is 593. The zero-order valence-electron chi connectivity index (χ0n) is 10.7. The largest absolute Gasteiger partial charge is 0.326 e. The summed E-state index contributed by atoms with van der Waals surface area (Å²) in [6, 6.07) is 4.67. The molecule has 0 amide bonds. The zero-order valence-corrected chi connectivity index (χ0v) is 11.5. The Morgan fingerprint density at radius 2 is 2.11 bits per heavy atom. The maximum atomic E-state index is 13.4. The molecule has 0 spiro atoms. The summed E-state index contributed by atoms with van der Waals surface area (Å²) in [5, 5.41) is 8.82. The smallest absolute Gasteiger partial charge is 0.242 e. The molecule has 0 bridgehead atoms. The van der Waals surface area contributed by atoms with Crippen LogP contribution in [0.5, 0.6) is 0 Å². The van der Waals surface area contributed by atoms with Crippen LogP contribution in [0.4, 0.5) is 4.39 Å². The molecule has 1 aromatic rings. The number of nitrogens with zero attached hydrogens (tertiary/aromatic N) is 1. The molecule has 1 unspecified atom stereocenters. The Labute approximate surface area is 112 Å². The Hall–Kier alpha value is -1.49. The molecule has 19 heavy (non-hydrogen) atoms. The number of hydrogen-bond donors (Lipinski definition) is 2. The van der Waals surface area contributed by atoms with Crippen molar-refractivity contribution in [1.82, 2.24) is 4.72 Å². The van der Waals surface area contributed by atoms with Crippen LogP contribution in [0.25, 0.3) is 0 Å². The van der Waals surface area contributed by atoms with E-state index < -0.39 is 21.4 Å². The average Bonchev–Trinajstić information content (AvgIpc) is 2.35. The maximum Gasteiger partial charge on any atom is 0.242 e. The summed E-state index contributed by atoms with van der Waals surface area (Å²) in [4.78, 5) is -0.369. The van der Waals surface area contributed by atoms with Crippen LogP contribution in [-0.2, 0) is 10.0 Å². The second-order valence-corrected chi connectivity index (χ2v) is 6.22. The molecule has 0 aliphatic heterocycles. The van der Waals surface area contributed by atoms with Gasteiger partial charge in [-0.25, -0.2) is 17.5 Å². The first-order valence-electron chi connectivity index (χ1n) is 5.73. The summed E-state index contributed by atoms with van der Waals surface area (Å²) < 4.78 is 39.7. The second-order valence-electron chi connectivity index (χ2n) is 4.48. The minimum Gasteiger partial charge on any atom is -0.326 e. The summed E-state index contributed by atoms with van der Waals surface area (Å²) >= 11 is 0. The van der Waals surface area contributed by atoms with E-state index in [1.165, 1.54) is 12.1 Å². The van der Waals surface area contributed by atoms with Crippen LogP contribution in [-0.4, -0.2) is 21.0 Å². The fourth-order valence-corrected chi connectivity index (χ4v) is 2.59. The van der Waals surface area contributed by atoms with Crippen LogP contribution >= 0.6 is 0 Å². The number of hydrogen-bond acceptors (Lipinski definition) is 4. The third kappa shape index (κ3) is 3.73. The van der Waals surface area contributed by atoms with Gasteiger partial charge in [-0.2, -0.15) is 5.26 Å². The number of sulfonamides is 1. The van der Waals surface area contributed by atoms with Crippen LogP contribution in [0.15, 0.2) is 23.1 Å². The number of nitrogens with one attached hydrogen (secondary N) is 1. The second kappa shape index (κ2) is 6.10. The zero-order chi connectivity index (χ0) is 14.6. The van der Waals surface area contributed by atoms with Gasteiger partial charge in [0, 0.05) is 12.6 Å². The van der Waals surface area contributed by atoms with Crippen LogP contribution in [0, 0.1) is 23.1 Å².